The van der Waals surface area contributed by atoms with E-state index >= 15 is 0 Å². The number of hydrogen-bond donors (Lipinski definition) is 1. The minimum Gasteiger partial charge on any atom is -0.356 e. The molecule has 1 aromatic carbocycles. The molecule has 6 heteroatoms. The van der Waals surface area contributed by atoms with Crippen molar-refractivity contribution in [3.8, 4) is 0 Å². The van der Waals surface area contributed by atoms with Crippen molar-refractivity contribution in [2.75, 3.05) is 26.7 Å². The lowest BCUT2D eigenvalue weighted by molar-refractivity contribution is 0.533. The lowest BCUT2D eigenvalue weighted by Gasteiger charge is -2.15. The van der Waals surface area contributed by atoms with Gasteiger partial charge in [-0.2, -0.15) is 0 Å². The van der Waals surface area contributed by atoms with Crippen LogP contribution in [0.1, 0.15) is 5.56 Å². The Hall–Kier alpha value is -0.370. The summed E-state index contributed by atoms with van der Waals surface area (Å²) in [4.78, 5) is 6.38. The van der Waals surface area contributed by atoms with Gasteiger partial charge in [0.1, 0.15) is 5.82 Å². The molecule has 0 fully saturated rings. The van der Waals surface area contributed by atoms with Crippen LogP contribution in [0.5, 0.6) is 0 Å². The van der Waals surface area contributed by atoms with Gasteiger partial charge in [-0.05, 0) is 30.2 Å². The number of aliphatic imine (C=N–C) groups is 1. The predicted molar refractivity (Wildman–Crippen MR) is 86.2 cm³/mol. The van der Waals surface area contributed by atoms with Gasteiger partial charge >= 0.3 is 0 Å². The van der Waals surface area contributed by atoms with Crippen LogP contribution in [0.25, 0.3) is 0 Å². The van der Waals surface area contributed by atoms with Crippen LogP contribution in [0.15, 0.2) is 27.7 Å². The van der Waals surface area contributed by atoms with E-state index in [4.69, 9.17) is 0 Å². The van der Waals surface area contributed by atoms with Crippen molar-refractivity contribution in [3.05, 3.63) is 34.1 Å². The Morgan fingerprint density at radius 1 is 1.50 bits per heavy atom. The van der Waals surface area contributed by atoms with Crippen molar-refractivity contribution >= 4 is 45.9 Å². The van der Waals surface area contributed by atoms with Crippen molar-refractivity contribution in [1.82, 2.24) is 10.2 Å². The first-order valence-corrected chi connectivity index (χ1v) is 6.39. The first-order valence-electron chi connectivity index (χ1n) is 5.60. The summed E-state index contributed by atoms with van der Waals surface area (Å²) >= 11 is 3.35. The molecule has 18 heavy (non-hydrogen) atoms. The summed E-state index contributed by atoms with van der Waals surface area (Å²) in [5.74, 6) is 0.747. The first kappa shape index (κ1) is 15.7. The zero-order valence-corrected chi connectivity index (χ0v) is 14.0. The molecule has 0 spiro atoms. The second kappa shape index (κ2) is 7.28. The molecule has 0 atom stereocenters. The molecule has 100 valence electrons. The molecule has 0 saturated heterocycles. The Morgan fingerprint density at radius 3 is 2.94 bits per heavy atom. The number of nitrogens with one attached hydrogen (secondary N) is 1. The van der Waals surface area contributed by atoms with Gasteiger partial charge in [0, 0.05) is 24.6 Å². The summed E-state index contributed by atoms with van der Waals surface area (Å²) in [5.41, 5.74) is 0.716. The van der Waals surface area contributed by atoms with Crippen LogP contribution >= 0.6 is 39.9 Å². The highest BCUT2D eigenvalue weighted by atomic mass is 127. The molecule has 1 aliphatic rings. The van der Waals surface area contributed by atoms with Gasteiger partial charge in [-0.1, -0.05) is 15.9 Å². The van der Waals surface area contributed by atoms with E-state index in [-0.39, 0.29) is 29.8 Å². The summed E-state index contributed by atoms with van der Waals surface area (Å²) in [6, 6.07) is 5.01. The zero-order chi connectivity index (χ0) is 12.3. The minimum atomic E-state index is -0.156. The lowest BCUT2D eigenvalue weighted by Crippen LogP contribution is -2.36. The van der Waals surface area contributed by atoms with Crippen molar-refractivity contribution < 1.29 is 4.39 Å². The number of likely N-dealkylation sites (N-methyl/N-ethyl adjacent to an activating group) is 1. The van der Waals surface area contributed by atoms with Gasteiger partial charge < -0.3 is 10.2 Å². The Morgan fingerprint density at radius 2 is 2.28 bits per heavy atom. The van der Waals surface area contributed by atoms with Crippen molar-refractivity contribution in [2.24, 2.45) is 4.99 Å². The van der Waals surface area contributed by atoms with Crippen LogP contribution in [0, 0.1) is 5.82 Å². The Balaban J connectivity index is 0.00000162. The number of hydrogen-bond acceptors (Lipinski definition) is 3. The third-order valence-corrected chi connectivity index (χ3v) is 3.24. The second-order valence-electron chi connectivity index (χ2n) is 4.04. The fourth-order valence-electron chi connectivity index (χ4n) is 1.77. The molecule has 1 aliphatic heterocycles. The van der Waals surface area contributed by atoms with E-state index < -0.39 is 0 Å². The highest BCUT2D eigenvalue weighted by molar-refractivity contribution is 14.0. The second-order valence-corrected chi connectivity index (χ2v) is 4.96. The molecule has 2 rings (SSSR count). The van der Waals surface area contributed by atoms with E-state index in [1.54, 1.807) is 6.07 Å². The van der Waals surface area contributed by atoms with E-state index in [0.717, 1.165) is 23.5 Å². The number of benzene rings is 1. The number of nitrogens with zero attached hydrogens (tertiary/aromatic N) is 2. The van der Waals surface area contributed by atoms with E-state index in [1.165, 1.54) is 6.07 Å². The highest BCUT2D eigenvalue weighted by Gasteiger charge is 2.11. The normalized spacial score (nSPS) is 14.2. The third kappa shape index (κ3) is 4.08. The number of guanidine groups is 1. The molecule has 1 aromatic rings. The molecule has 1 N–H and O–H groups in total. The van der Waals surface area contributed by atoms with E-state index in [2.05, 4.69) is 31.1 Å². The fourth-order valence-corrected chi connectivity index (χ4v) is 2.18. The Labute approximate surface area is 132 Å². The van der Waals surface area contributed by atoms with Crippen LogP contribution < -0.4 is 5.32 Å². The van der Waals surface area contributed by atoms with Crippen molar-refractivity contribution in [3.63, 3.8) is 0 Å². The molecule has 1 heterocycles. The van der Waals surface area contributed by atoms with Gasteiger partial charge in [-0.25, -0.2) is 4.39 Å². The average molecular weight is 428 g/mol. The van der Waals surface area contributed by atoms with Crippen LogP contribution in [0.4, 0.5) is 4.39 Å². The molecule has 0 saturated carbocycles. The maximum atomic E-state index is 13.5. The molecule has 3 nitrogen and oxygen atoms in total. The smallest absolute Gasteiger partial charge is 0.193 e. The summed E-state index contributed by atoms with van der Waals surface area (Å²) in [6.45, 7) is 2.48. The number of rotatable bonds is 3. The predicted octanol–water partition coefficient (Wildman–Crippen LogP) is 2.64. The maximum Gasteiger partial charge on any atom is 0.193 e. The molecule has 0 amide bonds. The molecule has 0 bridgehead atoms. The van der Waals surface area contributed by atoms with E-state index in [0.29, 0.717) is 18.5 Å². The van der Waals surface area contributed by atoms with E-state index in [9.17, 15) is 4.39 Å². The molecule has 0 aliphatic carbocycles. The Kier molecular flexibility index (Phi) is 6.34. The van der Waals surface area contributed by atoms with Crippen LogP contribution in [0.3, 0.4) is 0 Å². The fraction of sp³-hybridized carbons (Fsp3) is 0.417. The summed E-state index contributed by atoms with van der Waals surface area (Å²) in [7, 11) is 2.00. The van der Waals surface area contributed by atoms with Crippen molar-refractivity contribution in [1.29, 1.82) is 0 Å². The quantitative estimate of drug-likeness (QED) is 0.751. The van der Waals surface area contributed by atoms with Gasteiger partial charge in [-0.3, -0.25) is 4.99 Å². The average Bonchev–Trinajstić information content (AvgIpc) is 2.70. The molecular formula is C12H16BrFIN3. The van der Waals surface area contributed by atoms with Gasteiger partial charge in [0.25, 0.3) is 0 Å². The number of halogens is 3. The zero-order valence-electron chi connectivity index (χ0n) is 10.1. The summed E-state index contributed by atoms with van der Waals surface area (Å²) in [6.07, 6.45) is 0.651. The molecule has 0 aromatic heterocycles. The summed E-state index contributed by atoms with van der Waals surface area (Å²) in [5, 5.41) is 3.22. The maximum absolute atomic E-state index is 13.5. The molecule has 0 unspecified atom stereocenters. The molecule has 0 radical (unpaired) electrons. The van der Waals surface area contributed by atoms with Crippen LogP contribution in [-0.2, 0) is 6.42 Å². The topological polar surface area (TPSA) is 27.6 Å². The van der Waals surface area contributed by atoms with Gasteiger partial charge in [-0.15, -0.1) is 24.0 Å². The largest absolute Gasteiger partial charge is 0.356 e. The van der Waals surface area contributed by atoms with Crippen LogP contribution in [0.2, 0.25) is 0 Å². The highest BCUT2D eigenvalue weighted by Crippen LogP contribution is 2.15. The standard InChI is InChI=1S/C12H15BrFN3.HI/c1-17-7-6-16-12(17)15-5-4-9-8-10(13)2-3-11(9)14;/h2-3,8H,4-7H2,1H3,(H,15,16);1H. The first-order chi connectivity index (χ1) is 8.16. The Bertz CT molecular complexity index is 439. The lowest BCUT2D eigenvalue weighted by atomic mass is 10.1. The van der Waals surface area contributed by atoms with Gasteiger partial charge in [0.15, 0.2) is 5.96 Å². The monoisotopic (exact) mass is 427 g/mol. The van der Waals surface area contributed by atoms with Gasteiger partial charge in [0.2, 0.25) is 0 Å². The van der Waals surface area contributed by atoms with Crippen LogP contribution in [-0.4, -0.2) is 37.5 Å². The third-order valence-electron chi connectivity index (χ3n) is 2.74. The minimum absolute atomic E-state index is 0. The van der Waals surface area contributed by atoms with E-state index in [1.807, 2.05) is 13.1 Å². The SMILES string of the molecule is CN1CCN=C1NCCc1cc(Br)ccc1F.I. The van der Waals surface area contributed by atoms with Gasteiger partial charge in [0.05, 0.1) is 6.54 Å². The summed E-state index contributed by atoms with van der Waals surface area (Å²) < 4.78 is 14.4. The molecular weight excluding hydrogens is 412 g/mol. The van der Waals surface area contributed by atoms with Crippen molar-refractivity contribution in [2.45, 2.75) is 6.42 Å².